The molecule has 2 N–H and O–H groups in total. The van der Waals surface area contributed by atoms with Crippen molar-refractivity contribution < 1.29 is 0 Å². The van der Waals surface area contributed by atoms with Crippen molar-refractivity contribution in [1.29, 1.82) is 0 Å². The number of nitrogens with one attached hydrogen (secondary N) is 2. The van der Waals surface area contributed by atoms with Crippen LogP contribution in [0.3, 0.4) is 0 Å². The van der Waals surface area contributed by atoms with E-state index in [4.69, 9.17) is 4.98 Å². The minimum absolute atomic E-state index is 0.622. The number of anilines is 1. The van der Waals surface area contributed by atoms with E-state index in [1.807, 2.05) is 36.5 Å². The minimum atomic E-state index is 0.622. The van der Waals surface area contributed by atoms with Crippen molar-refractivity contribution in [3.05, 3.63) is 73.1 Å². The number of benzene rings is 1. The van der Waals surface area contributed by atoms with E-state index in [-0.39, 0.29) is 0 Å². The zero-order valence-corrected chi connectivity index (χ0v) is 14.3. The van der Waals surface area contributed by atoms with Gasteiger partial charge in [0.15, 0.2) is 5.82 Å². The van der Waals surface area contributed by atoms with Crippen molar-refractivity contribution >= 4 is 27.5 Å². The maximum atomic E-state index is 4.93. The minimum Gasteiger partial charge on any atom is -0.365 e. The molecule has 0 unspecified atom stereocenters. The quantitative estimate of drug-likeness (QED) is 0.480. The largest absolute Gasteiger partial charge is 0.365 e. The van der Waals surface area contributed by atoms with Crippen LogP contribution in [0.15, 0.2) is 67.5 Å². The zero-order valence-electron chi connectivity index (χ0n) is 14.3. The van der Waals surface area contributed by atoms with Gasteiger partial charge >= 0.3 is 0 Å². The fourth-order valence-corrected chi connectivity index (χ4v) is 3.21. The average Bonchev–Trinajstić information content (AvgIpc) is 3.27. The molecule has 0 saturated heterocycles. The van der Waals surface area contributed by atoms with Crippen molar-refractivity contribution in [3.63, 3.8) is 0 Å². The molecule has 0 fully saturated rings. The van der Waals surface area contributed by atoms with Crippen LogP contribution in [0.1, 0.15) is 5.56 Å². The van der Waals surface area contributed by atoms with Gasteiger partial charge in [0.25, 0.3) is 0 Å². The lowest BCUT2D eigenvalue weighted by Gasteiger charge is -2.13. The Bertz CT molecular complexity index is 1220. The molecule has 0 aliphatic carbocycles. The summed E-state index contributed by atoms with van der Waals surface area (Å²) in [6.07, 6.45) is 8.80. The van der Waals surface area contributed by atoms with Crippen LogP contribution in [-0.2, 0) is 6.54 Å². The van der Waals surface area contributed by atoms with Crippen molar-refractivity contribution in [1.82, 2.24) is 30.1 Å². The molecule has 0 amide bonds. The highest BCUT2D eigenvalue weighted by Gasteiger charge is 2.14. The van der Waals surface area contributed by atoms with E-state index < -0.39 is 0 Å². The third-order valence-corrected chi connectivity index (χ3v) is 4.49. The van der Waals surface area contributed by atoms with Gasteiger partial charge in [0.05, 0.1) is 5.52 Å². The Labute approximate surface area is 154 Å². The topological polar surface area (TPSA) is 92.3 Å². The first-order valence-electron chi connectivity index (χ1n) is 8.55. The number of aromatic amines is 1. The Morgan fingerprint density at radius 1 is 0.889 bits per heavy atom. The van der Waals surface area contributed by atoms with Gasteiger partial charge in [-0.2, -0.15) is 5.10 Å². The van der Waals surface area contributed by atoms with Crippen LogP contribution in [0.5, 0.6) is 0 Å². The molecule has 1 aromatic carbocycles. The molecule has 27 heavy (non-hydrogen) atoms. The second-order valence-electron chi connectivity index (χ2n) is 6.12. The second-order valence-corrected chi connectivity index (χ2v) is 6.12. The fraction of sp³-hybridized carbons (Fsp3) is 0.0500. The molecule has 4 heterocycles. The highest BCUT2D eigenvalue weighted by atomic mass is 15.2. The molecule has 5 rings (SSSR count). The van der Waals surface area contributed by atoms with Gasteiger partial charge in [0.2, 0.25) is 0 Å². The van der Waals surface area contributed by atoms with Crippen molar-refractivity contribution in [2.75, 3.05) is 5.32 Å². The number of fused-ring (bicyclic) bond motifs is 3. The predicted octanol–water partition coefficient (Wildman–Crippen LogP) is 3.58. The lowest BCUT2D eigenvalue weighted by molar-refractivity contribution is 1.09. The SMILES string of the molecule is c1cc(-c2nc[nH]n2)c2nc(NCc3ccncc3)c3ccncc3c2c1. The van der Waals surface area contributed by atoms with E-state index in [1.54, 1.807) is 24.9 Å². The van der Waals surface area contributed by atoms with Crippen molar-refractivity contribution in [2.24, 2.45) is 0 Å². The summed E-state index contributed by atoms with van der Waals surface area (Å²) in [5.74, 6) is 1.43. The van der Waals surface area contributed by atoms with Gasteiger partial charge in [-0.1, -0.05) is 12.1 Å². The smallest absolute Gasteiger partial charge is 0.183 e. The number of hydrogen-bond acceptors (Lipinski definition) is 6. The monoisotopic (exact) mass is 353 g/mol. The van der Waals surface area contributed by atoms with E-state index in [9.17, 15) is 0 Å². The average molecular weight is 353 g/mol. The van der Waals surface area contributed by atoms with Crippen molar-refractivity contribution in [3.8, 4) is 11.4 Å². The first-order chi connectivity index (χ1) is 13.4. The first-order valence-corrected chi connectivity index (χ1v) is 8.55. The van der Waals surface area contributed by atoms with Gasteiger partial charge in [-0.25, -0.2) is 9.97 Å². The van der Waals surface area contributed by atoms with E-state index in [2.05, 4.69) is 36.5 Å². The summed E-state index contributed by atoms with van der Waals surface area (Å²) in [6, 6.07) is 12.0. The molecule has 0 bridgehead atoms. The molecule has 0 spiro atoms. The summed E-state index contributed by atoms with van der Waals surface area (Å²) in [6.45, 7) is 0.654. The van der Waals surface area contributed by atoms with Gasteiger partial charge < -0.3 is 5.32 Å². The number of pyridine rings is 3. The molecule has 130 valence electrons. The number of nitrogens with zero attached hydrogens (tertiary/aromatic N) is 5. The Morgan fingerprint density at radius 3 is 2.63 bits per heavy atom. The van der Waals surface area contributed by atoms with Crippen LogP contribution in [0.25, 0.3) is 33.1 Å². The third-order valence-electron chi connectivity index (χ3n) is 4.49. The molecule has 7 nitrogen and oxygen atoms in total. The highest BCUT2D eigenvalue weighted by Crippen LogP contribution is 2.33. The van der Waals surface area contributed by atoms with Crippen LogP contribution >= 0.6 is 0 Å². The van der Waals surface area contributed by atoms with Gasteiger partial charge in [-0.3, -0.25) is 15.1 Å². The van der Waals surface area contributed by atoms with Crippen LogP contribution in [0.4, 0.5) is 5.82 Å². The first kappa shape index (κ1) is 15.4. The predicted molar refractivity (Wildman–Crippen MR) is 104 cm³/mol. The number of hydrogen-bond donors (Lipinski definition) is 2. The molecule has 0 aliphatic heterocycles. The lowest BCUT2D eigenvalue weighted by Crippen LogP contribution is -2.03. The van der Waals surface area contributed by atoms with Crippen LogP contribution in [0, 0.1) is 0 Å². The summed E-state index contributed by atoms with van der Waals surface area (Å²) in [5, 5.41) is 13.5. The van der Waals surface area contributed by atoms with Gasteiger partial charge in [0, 0.05) is 53.1 Å². The summed E-state index contributed by atoms with van der Waals surface area (Å²) in [4.78, 5) is 17.6. The molecule has 4 aromatic heterocycles. The van der Waals surface area contributed by atoms with Gasteiger partial charge in [-0.05, 0) is 29.8 Å². The Hall–Kier alpha value is -3.87. The third kappa shape index (κ3) is 2.75. The summed E-state index contributed by atoms with van der Waals surface area (Å²) in [7, 11) is 0. The number of H-pyrrole nitrogens is 1. The Balaban J connectivity index is 1.70. The van der Waals surface area contributed by atoms with Crippen LogP contribution in [-0.4, -0.2) is 30.1 Å². The molecule has 7 heteroatoms. The van der Waals surface area contributed by atoms with Crippen LogP contribution in [0.2, 0.25) is 0 Å². The lowest BCUT2D eigenvalue weighted by atomic mass is 10.0. The number of rotatable bonds is 4. The summed E-state index contributed by atoms with van der Waals surface area (Å²) >= 11 is 0. The Kier molecular flexibility index (Phi) is 3.68. The van der Waals surface area contributed by atoms with E-state index in [0.717, 1.165) is 38.6 Å². The Morgan fingerprint density at radius 2 is 1.78 bits per heavy atom. The van der Waals surface area contributed by atoms with E-state index in [1.165, 1.54) is 0 Å². The molecule has 0 radical (unpaired) electrons. The fourth-order valence-electron chi connectivity index (χ4n) is 3.21. The number of para-hydroxylation sites is 1. The second kappa shape index (κ2) is 6.45. The number of aromatic nitrogens is 6. The summed E-state index contributed by atoms with van der Waals surface area (Å²) in [5.41, 5.74) is 2.86. The molecule has 5 aromatic rings. The molecular weight excluding hydrogens is 338 g/mol. The van der Waals surface area contributed by atoms with E-state index in [0.29, 0.717) is 12.4 Å². The van der Waals surface area contributed by atoms with E-state index >= 15 is 0 Å². The standard InChI is InChI=1S/C20H15N7/c1-2-14-17-11-22-9-6-15(17)19(23-10-13-4-7-21-8-5-13)26-18(14)16(3-1)20-24-12-25-27-20/h1-9,11-12H,10H2,(H,23,26)(H,24,25,27). The van der Waals surface area contributed by atoms with Gasteiger partial charge in [-0.15, -0.1) is 0 Å². The summed E-state index contributed by atoms with van der Waals surface area (Å²) < 4.78 is 0. The molecule has 0 aliphatic rings. The van der Waals surface area contributed by atoms with Crippen molar-refractivity contribution in [2.45, 2.75) is 6.54 Å². The maximum Gasteiger partial charge on any atom is 0.183 e. The molecule has 0 saturated carbocycles. The van der Waals surface area contributed by atoms with Crippen LogP contribution < -0.4 is 5.32 Å². The maximum absolute atomic E-state index is 4.93. The normalized spacial score (nSPS) is 11.1. The zero-order chi connectivity index (χ0) is 18.1. The molecular formula is C20H15N7. The highest BCUT2D eigenvalue weighted by molar-refractivity contribution is 6.12. The molecule has 0 atom stereocenters. The van der Waals surface area contributed by atoms with Gasteiger partial charge in [0.1, 0.15) is 12.1 Å².